The van der Waals surface area contributed by atoms with Crippen LogP contribution in [0.1, 0.15) is 70.4 Å². The van der Waals surface area contributed by atoms with Gasteiger partial charge in [-0.15, -0.1) is 0 Å². The van der Waals surface area contributed by atoms with Crippen LogP contribution in [0.4, 0.5) is 0 Å². The molecule has 0 spiro atoms. The lowest BCUT2D eigenvalue weighted by Crippen LogP contribution is -2.54. The predicted octanol–water partition coefficient (Wildman–Crippen LogP) is 4.86. The minimum Gasteiger partial charge on any atom is -0.547 e. The molecule has 3 aliphatic rings. The molecule has 0 radical (unpaired) electrons. The summed E-state index contributed by atoms with van der Waals surface area (Å²) in [5.41, 5.74) is 2.86. The number of para-hydroxylation sites is 1. The average Bonchev–Trinajstić information content (AvgIpc) is 3.44. The van der Waals surface area contributed by atoms with Crippen molar-refractivity contribution in [2.24, 2.45) is 11.8 Å². The van der Waals surface area contributed by atoms with Crippen molar-refractivity contribution in [1.82, 2.24) is 4.90 Å². The number of nitrogens with zero attached hydrogens (tertiary/aromatic N) is 1. The van der Waals surface area contributed by atoms with Gasteiger partial charge in [-0.25, -0.2) is 0 Å². The zero-order valence-corrected chi connectivity index (χ0v) is 20.4. The molecule has 1 saturated heterocycles. The summed E-state index contributed by atoms with van der Waals surface area (Å²) in [6.07, 6.45) is 6.83. The van der Waals surface area contributed by atoms with Gasteiger partial charge in [-0.05, 0) is 86.5 Å². The fourth-order valence-corrected chi connectivity index (χ4v) is 6.60. The minimum atomic E-state index is -1.24. The lowest BCUT2D eigenvalue weighted by molar-refractivity contribution is -0.00535. The van der Waals surface area contributed by atoms with E-state index >= 15 is 0 Å². The second-order valence-electron chi connectivity index (χ2n) is 11.3. The number of hydrogen-bond donors (Lipinski definition) is 1. The fourth-order valence-electron chi connectivity index (χ4n) is 5.87. The van der Waals surface area contributed by atoms with Gasteiger partial charge in [-0.2, -0.15) is 0 Å². The third-order valence-corrected chi connectivity index (χ3v) is 8.22. The zero-order chi connectivity index (χ0) is 20.8. The summed E-state index contributed by atoms with van der Waals surface area (Å²) in [4.78, 5) is 2.73. The molecule has 0 bridgehead atoms. The molecule has 162 valence electrons. The third-order valence-electron chi connectivity index (χ3n) is 7.51. The van der Waals surface area contributed by atoms with Gasteiger partial charge >= 0.3 is 0 Å². The monoisotopic (exact) mass is 415 g/mol. The normalized spacial score (nSPS) is 31.0. The van der Waals surface area contributed by atoms with Gasteiger partial charge in [0, 0.05) is 18.5 Å². The van der Waals surface area contributed by atoms with Crippen LogP contribution in [-0.4, -0.2) is 44.8 Å². The van der Waals surface area contributed by atoms with Gasteiger partial charge in [0.1, 0.15) is 5.75 Å². The molecule has 4 heteroatoms. The highest BCUT2D eigenvalue weighted by Gasteiger charge is 2.50. The largest absolute Gasteiger partial charge is 0.547 e. The molecule has 2 unspecified atom stereocenters. The highest BCUT2D eigenvalue weighted by atomic mass is 28.3. The maximum Gasteiger partial charge on any atom is 0.229 e. The van der Waals surface area contributed by atoms with Crippen LogP contribution in [0.5, 0.6) is 5.75 Å². The van der Waals surface area contributed by atoms with Gasteiger partial charge in [0.15, 0.2) is 0 Å². The third kappa shape index (κ3) is 4.45. The standard InChI is InChI=1S/C25H41NO2Si/c1-24(2,3)21-7-6-8-22(23(21)28-29(4)5)25-13-14-26(16-18-9-10-18)17-19(25)11-12-20(27)15-25/h6-8,18-20,27,29H,9-17H2,1-5H3/t19?,20-,25?/m1/s1. The topological polar surface area (TPSA) is 32.7 Å². The summed E-state index contributed by atoms with van der Waals surface area (Å²) in [5.74, 6) is 2.74. The van der Waals surface area contributed by atoms with Crippen molar-refractivity contribution in [3.8, 4) is 5.75 Å². The van der Waals surface area contributed by atoms with Crippen LogP contribution in [0.25, 0.3) is 0 Å². The van der Waals surface area contributed by atoms with Gasteiger partial charge in [0.05, 0.1) is 6.10 Å². The maximum atomic E-state index is 10.8. The molecule has 4 rings (SSSR count). The molecule has 3 atom stereocenters. The zero-order valence-electron chi connectivity index (χ0n) is 19.2. The van der Waals surface area contributed by atoms with Gasteiger partial charge in [-0.1, -0.05) is 39.0 Å². The summed E-state index contributed by atoms with van der Waals surface area (Å²) in [6, 6.07) is 6.85. The molecule has 0 amide bonds. The van der Waals surface area contributed by atoms with E-state index in [2.05, 4.69) is 57.0 Å². The summed E-state index contributed by atoms with van der Waals surface area (Å²) in [5, 5.41) is 10.8. The lowest BCUT2D eigenvalue weighted by Gasteiger charge is -2.53. The smallest absolute Gasteiger partial charge is 0.229 e. The Morgan fingerprint density at radius 2 is 1.93 bits per heavy atom. The summed E-state index contributed by atoms with van der Waals surface area (Å²) < 4.78 is 6.68. The molecule has 1 N–H and O–H groups in total. The van der Waals surface area contributed by atoms with Crippen molar-refractivity contribution < 1.29 is 9.53 Å². The van der Waals surface area contributed by atoms with E-state index in [1.165, 1.54) is 37.1 Å². The highest BCUT2D eigenvalue weighted by molar-refractivity contribution is 6.49. The van der Waals surface area contributed by atoms with Crippen LogP contribution in [0.2, 0.25) is 13.1 Å². The molecular weight excluding hydrogens is 374 g/mol. The Kier molecular flexibility index (Phi) is 5.91. The van der Waals surface area contributed by atoms with E-state index in [1.54, 1.807) is 0 Å². The van der Waals surface area contributed by atoms with Gasteiger partial charge in [-0.3, -0.25) is 0 Å². The summed E-state index contributed by atoms with van der Waals surface area (Å²) in [6.45, 7) is 15.1. The molecule has 1 aromatic rings. The molecule has 2 aliphatic carbocycles. The second-order valence-corrected chi connectivity index (χ2v) is 13.7. The number of aliphatic hydroxyl groups excluding tert-OH is 1. The first-order valence-electron chi connectivity index (χ1n) is 11.9. The Labute approximate surface area is 179 Å². The molecule has 3 nitrogen and oxygen atoms in total. The van der Waals surface area contributed by atoms with Crippen molar-refractivity contribution in [3.63, 3.8) is 0 Å². The number of rotatable bonds is 5. The fraction of sp³-hybridized carbons (Fsp3) is 0.760. The first-order chi connectivity index (χ1) is 13.7. The summed E-state index contributed by atoms with van der Waals surface area (Å²) >= 11 is 0. The van der Waals surface area contributed by atoms with Crippen LogP contribution >= 0.6 is 0 Å². The molecule has 1 aromatic carbocycles. The Balaban J connectivity index is 1.75. The van der Waals surface area contributed by atoms with Crippen molar-refractivity contribution >= 4 is 9.04 Å². The number of benzene rings is 1. The van der Waals surface area contributed by atoms with Crippen molar-refractivity contribution in [3.05, 3.63) is 29.3 Å². The van der Waals surface area contributed by atoms with Crippen LogP contribution in [0.15, 0.2) is 18.2 Å². The predicted molar refractivity (Wildman–Crippen MR) is 123 cm³/mol. The Morgan fingerprint density at radius 3 is 2.59 bits per heavy atom. The number of likely N-dealkylation sites (tertiary alicyclic amines) is 1. The minimum absolute atomic E-state index is 0.0563. The van der Waals surface area contributed by atoms with E-state index in [-0.39, 0.29) is 16.9 Å². The quantitative estimate of drug-likeness (QED) is 0.697. The Bertz CT molecular complexity index is 724. The van der Waals surface area contributed by atoms with Gasteiger partial charge < -0.3 is 14.4 Å². The molecule has 2 saturated carbocycles. The summed E-state index contributed by atoms with van der Waals surface area (Å²) in [7, 11) is -1.24. The molecular formula is C25H41NO2Si. The highest BCUT2D eigenvalue weighted by Crippen LogP contribution is 2.53. The van der Waals surface area contributed by atoms with Crippen molar-refractivity contribution in [2.75, 3.05) is 19.6 Å². The van der Waals surface area contributed by atoms with Crippen molar-refractivity contribution in [1.29, 1.82) is 0 Å². The maximum absolute atomic E-state index is 10.8. The van der Waals surface area contributed by atoms with E-state index in [4.69, 9.17) is 4.43 Å². The van der Waals surface area contributed by atoms with E-state index in [0.717, 1.165) is 43.9 Å². The van der Waals surface area contributed by atoms with Crippen LogP contribution in [-0.2, 0) is 10.8 Å². The number of aliphatic hydroxyl groups is 1. The second kappa shape index (κ2) is 8.01. The number of piperidine rings is 1. The Morgan fingerprint density at radius 1 is 1.17 bits per heavy atom. The molecule has 1 aliphatic heterocycles. The van der Waals surface area contributed by atoms with E-state index in [0.29, 0.717) is 5.92 Å². The van der Waals surface area contributed by atoms with E-state index in [1.807, 2.05) is 0 Å². The SMILES string of the molecule is C[SiH](C)Oc1c(C(C)(C)C)cccc1C12CCN(CC3CC3)CC1CC[C@@H](O)C2. The van der Waals surface area contributed by atoms with E-state index < -0.39 is 9.04 Å². The molecule has 29 heavy (non-hydrogen) atoms. The van der Waals surface area contributed by atoms with Gasteiger partial charge in [0.2, 0.25) is 9.04 Å². The van der Waals surface area contributed by atoms with Gasteiger partial charge in [0.25, 0.3) is 0 Å². The molecule has 3 fully saturated rings. The van der Waals surface area contributed by atoms with Crippen LogP contribution in [0, 0.1) is 11.8 Å². The average molecular weight is 416 g/mol. The molecule has 0 aromatic heterocycles. The van der Waals surface area contributed by atoms with Crippen molar-refractivity contribution in [2.45, 2.75) is 89.3 Å². The first-order valence-corrected chi connectivity index (χ1v) is 14.7. The Hall–Kier alpha value is -0.843. The van der Waals surface area contributed by atoms with Crippen LogP contribution < -0.4 is 4.43 Å². The first kappa shape index (κ1) is 21.4. The molecule has 1 heterocycles. The lowest BCUT2D eigenvalue weighted by atomic mass is 9.58. The number of fused-ring (bicyclic) bond motifs is 1. The number of hydrogen-bond acceptors (Lipinski definition) is 3. The van der Waals surface area contributed by atoms with Crippen LogP contribution in [0.3, 0.4) is 0 Å². The van der Waals surface area contributed by atoms with E-state index in [9.17, 15) is 5.11 Å².